The van der Waals surface area contributed by atoms with Crippen LogP contribution in [0.15, 0.2) is 48.5 Å². The second-order valence-electron chi connectivity index (χ2n) is 7.02. The van der Waals surface area contributed by atoms with Crippen molar-refractivity contribution in [3.8, 4) is 11.5 Å². The Morgan fingerprint density at radius 2 is 1.41 bits per heavy atom. The molecular formula is C21H27N2NaO5. The zero-order chi connectivity index (χ0) is 19.3. The summed E-state index contributed by atoms with van der Waals surface area (Å²) in [5.41, 5.74) is 1.19. The fourth-order valence-corrected chi connectivity index (χ4v) is 3.36. The van der Waals surface area contributed by atoms with Crippen molar-refractivity contribution in [1.29, 1.82) is 0 Å². The molecule has 0 aliphatic carbocycles. The molecule has 29 heavy (non-hydrogen) atoms. The van der Waals surface area contributed by atoms with Crippen LogP contribution in [0.25, 0.3) is 0 Å². The van der Waals surface area contributed by atoms with E-state index in [9.17, 15) is 9.90 Å². The van der Waals surface area contributed by atoms with Gasteiger partial charge in [0.1, 0.15) is 17.1 Å². The van der Waals surface area contributed by atoms with Crippen LogP contribution in [0.5, 0.6) is 11.5 Å². The summed E-state index contributed by atoms with van der Waals surface area (Å²) in [6.45, 7) is 2.01. The van der Waals surface area contributed by atoms with Gasteiger partial charge in [-0.3, -0.25) is 9.69 Å². The van der Waals surface area contributed by atoms with E-state index in [1.165, 1.54) is 0 Å². The Hall–Kier alpha value is -1.61. The number of aliphatic hydroxyl groups is 1. The number of amides is 1. The first kappa shape index (κ1) is 25.4. The second kappa shape index (κ2) is 11.5. The minimum absolute atomic E-state index is 0. The molecule has 2 aromatic rings. The van der Waals surface area contributed by atoms with Crippen LogP contribution in [0.4, 0.5) is 0 Å². The third-order valence-electron chi connectivity index (χ3n) is 4.75. The molecule has 3 N–H and O–H groups in total. The number of methoxy groups -OCH3 is 2. The molecule has 1 aliphatic heterocycles. The fourth-order valence-electron chi connectivity index (χ4n) is 3.36. The SMILES string of the molecule is COc1ccc(CN(Cc2ccc(OC)cc2)CC2(O)CNC(=O)C2)cc1.[Na+].[OH-]. The molecule has 8 heteroatoms. The summed E-state index contributed by atoms with van der Waals surface area (Å²) in [5.74, 6) is 1.51. The quantitative estimate of drug-likeness (QED) is 0.530. The van der Waals surface area contributed by atoms with Gasteiger partial charge in [0, 0.05) is 26.2 Å². The topological polar surface area (TPSA) is 101 Å². The number of carbonyl (C=O) groups is 1. The molecule has 0 saturated carbocycles. The van der Waals surface area contributed by atoms with Crippen LogP contribution in [0.3, 0.4) is 0 Å². The predicted octanol–water partition coefficient (Wildman–Crippen LogP) is -1.22. The van der Waals surface area contributed by atoms with E-state index >= 15 is 0 Å². The zero-order valence-corrected chi connectivity index (χ0v) is 19.2. The average Bonchev–Trinajstić information content (AvgIpc) is 3.01. The van der Waals surface area contributed by atoms with Gasteiger partial charge in [-0.15, -0.1) is 0 Å². The molecule has 0 bridgehead atoms. The summed E-state index contributed by atoms with van der Waals surface area (Å²) in [4.78, 5) is 13.7. The summed E-state index contributed by atoms with van der Waals surface area (Å²) in [5, 5.41) is 13.5. The van der Waals surface area contributed by atoms with Gasteiger partial charge < -0.3 is 25.4 Å². The van der Waals surface area contributed by atoms with Crippen molar-refractivity contribution in [2.45, 2.75) is 25.1 Å². The third-order valence-corrected chi connectivity index (χ3v) is 4.75. The number of hydrogen-bond donors (Lipinski definition) is 2. The van der Waals surface area contributed by atoms with E-state index in [0.717, 1.165) is 22.6 Å². The standard InChI is InChI=1S/C21H26N2O4.Na.H2O/c1-26-18-7-3-16(4-8-18)12-23(15-21(25)11-20(24)22-14-21)13-17-5-9-19(27-2)10-6-17;;/h3-10,25H,11-15H2,1-2H3,(H,22,24);;1H2/q;+1;/p-1. The Balaban J connectivity index is 0.00000210. The summed E-state index contributed by atoms with van der Waals surface area (Å²) >= 11 is 0. The number of benzene rings is 2. The number of ether oxygens (including phenoxy) is 2. The van der Waals surface area contributed by atoms with Crippen LogP contribution in [-0.4, -0.2) is 54.3 Å². The number of hydrogen-bond acceptors (Lipinski definition) is 6. The Kier molecular flexibility index (Phi) is 10.1. The van der Waals surface area contributed by atoms with E-state index in [4.69, 9.17) is 9.47 Å². The molecule has 152 valence electrons. The normalized spacial score (nSPS) is 17.9. The summed E-state index contributed by atoms with van der Waals surface area (Å²) < 4.78 is 10.4. The molecule has 0 radical (unpaired) electrons. The van der Waals surface area contributed by atoms with Crippen molar-refractivity contribution in [3.05, 3.63) is 59.7 Å². The van der Waals surface area contributed by atoms with Crippen LogP contribution in [0, 0.1) is 0 Å². The Morgan fingerprint density at radius 1 is 0.966 bits per heavy atom. The van der Waals surface area contributed by atoms with Crippen LogP contribution in [0.2, 0.25) is 0 Å². The molecule has 0 spiro atoms. The Bertz CT molecular complexity index is 720. The van der Waals surface area contributed by atoms with Crippen LogP contribution < -0.4 is 44.3 Å². The van der Waals surface area contributed by atoms with Crippen molar-refractivity contribution >= 4 is 5.91 Å². The monoisotopic (exact) mass is 410 g/mol. The van der Waals surface area contributed by atoms with Crippen molar-refractivity contribution in [2.24, 2.45) is 0 Å². The van der Waals surface area contributed by atoms with Gasteiger partial charge in [0.05, 0.1) is 20.6 Å². The molecule has 1 aliphatic rings. The number of β-amino-alcohol motifs (C(OH)–C–C–N with tert-alkyl or cyclic N) is 1. The predicted molar refractivity (Wildman–Crippen MR) is 105 cm³/mol. The fraction of sp³-hybridized carbons (Fsp3) is 0.381. The minimum atomic E-state index is -1.05. The van der Waals surface area contributed by atoms with Gasteiger partial charge in [0.25, 0.3) is 0 Å². The first-order valence-corrected chi connectivity index (χ1v) is 8.97. The van der Waals surface area contributed by atoms with Crippen LogP contribution in [-0.2, 0) is 17.9 Å². The first-order chi connectivity index (χ1) is 13.0. The smallest absolute Gasteiger partial charge is 0.870 e. The van der Waals surface area contributed by atoms with E-state index in [1.54, 1.807) is 14.2 Å². The van der Waals surface area contributed by atoms with E-state index in [2.05, 4.69) is 10.2 Å². The maximum absolute atomic E-state index is 11.6. The third kappa shape index (κ3) is 7.29. The van der Waals surface area contributed by atoms with E-state index in [0.29, 0.717) is 19.6 Å². The Morgan fingerprint density at radius 3 is 1.76 bits per heavy atom. The van der Waals surface area contributed by atoms with Crippen molar-refractivity contribution in [2.75, 3.05) is 27.3 Å². The van der Waals surface area contributed by atoms with E-state index in [1.807, 2.05) is 48.5 Å². The Labute approximate surface area is 193 Å². The van der Waals surface area contributed by atoms with Gasteiger partial charge in [0.2, 0.25) is 5.91 Å². The zero-order valence-electron chi connectivity index (χ0n) is 17.2. The number of rotatable bonds is 8. The summed E-state index contributed by atoms with van der Waals surface area (Å²) in [6, 6.07) is 15.8. The molecule has 1 saturated heterocycles. The molecule has 1 unspecified atom stereocenters. The molecule has 1 amide bonds. The van der Waals surface area contributed by atoms with Crippen molar-refractivity contribution in [3.63, 3.8) is 0 Å². The number of nitrogens with zero attached hydrogens (tertiary/aromatic N) is 1. The van der Waals surface area contributed by atoms with Crippen molar-refractivity contribution in [1.82, 2.24) is 10.2 Å². The van der Waals surface area contributed by atoms with Gasteiger partial charge in [0.15, 0.2) is 0 Å². The molecule has 2 aromatic carbocycles. The van der Waals surface area contributed by atoms with Crippen LogP contribution >= 0.6 is 0 Å². The first-order valence-electron chi connectivity index (χ1n) is 8.97. The maximum atomic E-state index is 11.6. The van der Waals surface area contributed by atoms with E-state index in [-0.39, 0.29) is 53.9 Å². The number of carbonyl (C=O) groups excluding carboxylic acids is 1. The largest absolute Gasteiger partial charge is 1.00 e. The molecule has 0 aromatic heterocycles. The maximum Gasteiger partial charge on any atom is 1.00 e. The minimum Gasteiger partial charge on any atom is -0.870 e. The molecule has 3 rings (SSSR count). The van der Waals surface area contributed by atoms with Crippen molar-refractivity contribution < 1.29 is 54.4 Å². The molecule has 1 atom stereocenters. The van der Waals surface area contributed by atoms with Gasteiger partial charge in [-0.1, -0.05) is 24.3 Å². The van der Waals surface area contributed by atoms with Gasteiger partial charge in [-0.05, 0) is 35.4 Å². The second-order valence-corrected chi connectivity index (χ2v) is 7.02. The van der Waals surface area contributed by atoms with Gasteiger partial charge in [-0.2, -0.15) is 0 Å². The average molecular weight is 410 g/mol. The summed E-state index contributed by atoms with van der Waals surface area (Å²) in [6.07, 6.45) is 0.134. The molecule has 7 nitrogen and oxygen atoms in total. The molecular weight excluding hydrogens is 383 g/mol. The van der Waals surface area contributed by atoms with E-state index < -0.39 is 5.60 Å². The van der Waals surface area contributed by atoms with Gasteiger partial charge >= 0.3 is 29.6 Å². The summed E-state index contributed by atoms with van der Waals surface area (Å²) in [7, 11) is 3.29. The van der Waals surface area contributed by atoms with Crippen LogP contribution in [0.1, 0.15) is 17.5 Å². The van der Waals surface area contributed by atoms with Gasteiger partial charge in [-0.25, -0.2) is 0 Å². The molecule has 1 heterocycles. The number of nitrogens with one attached hydrogen (secondary N) is 1. The molecule has 1 fully saturated rings.